The highest BCUT2D eigenvalue weighted by molar-refractivity contribution is 5.92. The maximum atomic E-state index is 13.2. The standard InChI is InChI=1S/C23H21F3N4O3/c1-3-20(31)28-19-12-18(15-10-8-14(2)9-11-15)29-30(22(19)33)13-21(32)27-17-7-5-4-6-16(17)23(24,25)26/h4-12H,3,13H2,1-2H3,(H,27,32)(H,28,31). The van der Waals surface area contributed by atoms with E-state index in [1.54, 1.807) is 19.1 Å². The molecule has 3 aromatic rings. The summed E-state index contributed by atoms with van der Waals surface area (Å²) >= 11 is 0. The third kappa shape index (κ3) is 5.85. The molecule has 10 heteroatoms. The number of carbonyl (C=O) groups excluding carboxylic acids is 2. The number of aromatic nitrogens is 2. The molecule has 0 radical (unpaired) electrons. The van der Waals surface area contributed by atoms with Gasteiger partial charge in [0.2, 0.25) is 11.8 Å². The first-order valence-electron chi connectivity index (χ1n) is 10.0. The summed E-state index contributed by atoms with van der Waals surface area (Å²) < 4.78 is 40.4. The van der Waals surface area contributed by atoms with Crippen molar-refractivity contribution >= 4 is 23.2 Å². The van der Waals surface area contributed by atoms with Gasteiger partial charge in [0.15, 0.2) is 0 Å². The Hall–Kier alpha value is -3.95. The molecule has 2 N–H and O–H groups in total. The molecule has 2 amide bonds. The summed E-state index contributed by atoms with van der Waals surface area (Å²) in [4.78, 5) is 37.2. The lowest BCUT2D eigenvalue weighted by Crippen LogP contribution is -2.32. The van der Waals surface area contributed by atoms with E-state index in [9.17, 15) is 27.6 Å². The summed E-state index contributed by atoms with van der Waals surface area (Å²) in [5.74, 6) is -1.29. The molecule has 0 aliphatic heterocycles. The van der Waals surface area contributed by atoms with Gasteiger partial charge in [0, 0.05) is 12.0 Å². The summed E-state index contributed by atoms with van der Waals surface area (Å²) in [5, 5.41) is 8.85. The maximum absolute atomic E-state index is 13.2. The number of aryl methyl sites for hydroxylation is 1. The predicted octanol–water partition coefficient (Wildman–Crippen LogP) is 4.22. The maximum Gasteiger partial charge on any atom is 0.418 e. The van der Waals surface area contributed by atoms with Crippen LogP contribution in [0.15, 0.2) is 59.4 Å². The molecule has 0 spiro atoms. The van der Waals surface area contributed by atoms with E-state index >= 15 is 0 Å². The van der Waals surface area contributed by atoms with E-state index in [0.29, 0.717) is 11.3 Å². The van der Waals surface area contributed by atoms with E-state index < -0.39 is 41.3 Å². The Kier molecular flexibility index (Phi) is 6.95. The van der Waals surface area contributed by atoms with Crippen molar-refractivity contribution in [2.45, 2.75) is 33.0 Å². The van der Waals surface area contributed by atoms with E-state index in [1.807, 2.05) is 19.1 Å². The Morgan fingerprint density at radius 1 is 0.970 bits per heavy atom. The number of alkyl halides is 3. The normalized spacial score (nSPS) is 11.2. The van der Waals surface area contributed by atoms with E-state index in [1.165, 1.54) is 18.2 Å². The zero-order valence-electron chi connectivity index (χ0n) is 17.9. The summed E-state index contributed by atoms with van der Waals surface area (Å²) in [7, 11) is 0. The number of anilines is 2. The van der Waals surface area contributed by atoms with Crippen molar-refractivity contribution in [2.24, 2.45) is 0 Å². The van der Waals surface area contributed by atoms with Crippen LogP contribution in [0.1, 0.15) is 24.5 Å². The fourth-order valence-electron chi connectivity index (χ4n) is 3.01. The van der Waals surface area contributed by atoms with Crippen molar-refractivity contribution in [3.05, 3.63) is 76.1 Å². The molecule has 0 bridgehead atoms. The minimum absolute atomic E-state index is 0.0871. The van der Waals surface area contributed by atoms with Crippen LogP contribution in [0.3, 0.4) is 0 Å². The third-order valence-corrected chi connectivity index (χ3v) is 4.72. The minimum atomic E-state index is -4.66. The molecule has 0 atom stereocenters. The lowest BCUT2D eigenvalue weighted by Gasteiger charge is -2.15. The summed E-state index contributed by atoms with van der Waals surface area (Å²) in [6, 6.07) is 13.1. The molecule has 0 fully saturated rings. The Morgan fingerprint density at radius 2 is 1.61 bits per heavy atom. The number of hydrogen-bond acceptors (Lipinski definition) is 4. The first-order valence-corrected chi connectivity index (χ1v) is 10.0. The average molecular weight is 458 g/mol. The number of para-hydroxylation sites is 1. The van der Waals surface area contributed by atoms with Gasteiger partial charge in [-0.2, -0.15) is 18.3 Å². The van der Waals surface area contributed by atoms with Crippen LogP contribution >= 0.6 is 0 Å². The highest BCUT2D eigenvalue weighted by Crippen LogP contribution is 2.34. The van der Waals surface area contributed by atoms with Crippen molar-refractivity contribution < 1.29 is 22.8 Å². The molecule has 2 aromatic carbocycles. The largest absolute Gasteiger partial charge is 0.418 e. The third-order valence-electron chi connectivity index (χ3n) is 4.72. The van der Waals surface area contributed by atoms with Gasteiger partial charge < -0.3 is 10.6 Å². The summed E-state index contributed by atoms with van der Waals surface area (Å²) in [5.41, 5.74) is -0.356. The number of benzene rings is 2. The highest BCUT2D eigenvalue weighted by atomic mass is 19.4. The van der Waals surface area contributed by atoms with Crippen molar-refractivity contribution in [3.8, 4) is 11.3 Å². The quantitative estimate of drug-likeness (QED) is 0.578. The van der Waals surface area contributed by atoms with Gasteiger partial charge >= 0.3 is 6.18 Å². The van der Waals surface area contributed by atoms with Crippen LogP contribution in [0.25, 0.3) is 11.3 Å². The number of halogens is 3. The number of carbonyl (C=O) groups is 2. The van der Waals surface area contributed by atoms with Crippen LogP contribution in [0.4, 0.5) is 24.5 Å². The van der Waals surface area contributed by atoms with Gasteiger partial charge in [-0.05, 0) is 25.1 Å². The highest BCUT2D eigenvalue weighted by Gasteiger charge is 2.33. The molecule has 172 valence electrons. The number of hydrogen-bond donors (Lipinski definition) is 2. The van der Waals surface area contributed by atoms with Crippen molar-refractivity contribution in [1.82, 2.24) is 9.78 Å². The molecule has 3 rings (SSSR count). The zero-order valence-corrected chi connectivity index (χ0v) is 17.9. The zero-order chi connectivity index (χ0) is 24.2. The topological polar surface area (TPSA) is 93.1 Å². The molecular formula is C23H21F3N4O3. The van der Waals surface area contributed by atoms with Crippen LogP contribution in [-0.2, 0) is 22.3 Å². The molecule has 33 heavy (non-hydrogen) atoms. The van der Waals surface area contributed by atoms with Crippen LogP contribution in [0, 0.1) is 6.92 Å². The van der Waals surface area contributed by atoms with Gasteiger partial charge in [0.05, 0.1) is 16.9 Å². The molecule has 0 aliphatic carbocycles. The van der Waals surface area contributed by atoms with Crippen LogP contribution < -0.4 is 16.2 Å². The number of rotatable bonds is 6. The molecule has 0 unspecified atom stereocenters. The average Bonchev–Trinajstić information content (AvgIpc) is 2.76. The van der Waals surface area contributed by atoms with Crippen LogP contribution in [0.5, 0.6) is 0 Å². The number of nitrogens with zero attached hydrogens (tertiary/aromatic N) is 2. The van der Waals surface area contributed by atoms with E-state index in [2.05, 4.69) is 15.7 Å². The molecule has 7 nitrogen and oxygen atoms in total. The molecular weight excluding hydrogens is 437 g/mol. The van der Waals surface area contributed by atoms with E-state index in [0.717, 1.165) is 22.4 Å². The van der Waals surface area contributed by atoms with Gasteiger partial charge in [0.25, 0.3) is 5.56 Å². The van der Waals surface area contributed by atoms with Gasteiger partial charge in [-0.25, -0.2) is 4.68 Å². The summed E-state index contributed by atoms with van der Waals surface area (Å²) in [6.45, 7) is 2.86. The van der Waals surface area contributed by atoms with E-state index in [4.69, 9.17) is 0 Å². The number of amides is 2. The van der Waals surface area contributed by atoms with Gasteiger partial charge in [-0.15, -0.1) is 0 Å². The first-order chi connectivity index (χ1) is 15.6. The van der Waals surface area contributed by atoms with Gasteiger partial charge in [-0.3, -0.25) is 14.4 Å². The van der Waals surface area contributed by atoms with Crippen molar-refractivity contribution in [3.63, 3.8) is 0 Å². The molecule has 1 heterocycles. The lowest BCUT2D eigenvalue weighted by atomic mass is 10.1. The van der Waals surface area contributed by atoms with Gasteiger partial charge in [0.1, 0.15) is 12.2 Å². The smallest absolute Gasteiger partial charge is 0.324 e. The minimum Gasteiger partial charge on any atom is -0.324 e. The van der Waals surface area contributed by atoms with Crippen molar-refractivity contribution in [2.75, 3.05) is 10.6 Å². The molecule has 1 aromatic heterocycles. The Morgan fingerprint density at radius 3 is 2.24 bits per heavy atom. The SMILES string of the molecule is CCC(=O)Nc1cc(-c2ccc(C)cc2)nn(CC(=O)Nc2ccccc2C(F)(F)F)c1=O. The second kappa shape index (κ2) is 9.68. The van der Waals surface area contributed by atoms with Crippen LogP contribution in [0.2, 0.25) is 0 Å². The number of nitrogens with one attached hydrogen (secondary N) is 2. The van der Waals surface area contributed by atoms with E-state index in [-0.39, 0.29) is 12.1 Å². The first kappa shape index (κ1) is 23.7. The van der Waals surface area contributed by atoms with Crippen molar-refractivity contribution in [1.29, 1.82) is 0 Å². The fourth-order valence-corrected chi connectivity index (χ4v) is 3.01. The predicted molar refractivity (Wildman–Crippen MR) is 118 cm³/mol. The molecule has 0 aliphatic rings. The Balaban J connectivity index is 1.96. The van der Waals surface area contributed by atoms with Crippen LogP contribution in [-0.4, -0.2) is 21.6 Å². The Bertz CT molecular complexity index is 1230. The summed E-state index contributed by atoms with van der Waals surface area (Å²) in [6.07, 6.45) is -4.54. The monoisotopic (exact) mass is 458 g/mol. The molecule has 0 saturated carbocycles. The molecule has 0 saturated heterocycles. The fraction of sp³-hybridized carbons (Fsp3) is 0.217. The second-order valence-electron chi connectivity index (χ2n) is 7.27. The van der Waals surface area contributed by atoms with Gasteiger partial charge in [-0.1, -0.05) is 48.9 Å². The Labute approximate surface area is 187 Å². The lowest BCUT2D eigenvalue weighted by molar-refractivity contribution is -0.137. The second-order valence-corrected chi connectivity index (χ2v) is 7.27.